The number of nitrogens with two attached hydrogens (primary N) is 1. The van der Waals surface area contributed by atoms with Gasteiger partial charge < -0.3 is 5.73 Å². The molecule has 0 amide bonds. The summed E-state index contributed by atoms with van der Waals surface area (Å²) in [5, 5.41) is 1.24. The highest BCUT2D eigenvalue weighted by atomic mass is 32.1. The zero-order chi connectivity index (χ0) is 15.1. The van der Waals surface area contributed by atoms with Crippen LogP contribution in [-0.4, -0.2) is 4.98 Å². The maximum absolute atomic E-state index is 6.69. The van der Waals surface area contributed by atoms with Crippen LogP contribution in [0.4, 0.5) is 0 Å². The summed E-state index contributed by atoms with van der Waals surface area (Å²) in [6.07, 6.45) is 11.1. The van der Waals surface area contributed by atoms with Crippen LogP contribution in [-0.2, 0) is 18.4 Å². The fourth-order valence-electron chi connectivity index (χ4n) is 3.94. The largest absolute Gasteiger partial charge is 0.319 e. The molecule has 21 heavy (non-hydrogen) atoms. The molecule has 0 aliphatic heterocycles. The van der Waals surface area contributed by atoms with Crippen LogP contribution in [0.25, 0.3) is 0 Å². The second-order valence-electron chi connectivity index (χ2n) is 7.89. The van der Waals surface area contributed by atoms with Crippen molar-refractivity contribution in [2.24, 2.45) is 17.1 Å². The first-order valence-electron chi connectivity index (χ1n) is 8.72. The van der Waals surface area contributed by atoms with Crippen LogP contribution in [0.1, 0.15) is 81.3 Å². The van der Waals surface area contributed by atoms with E-state index in [1.54, 1.807) is 0 Å². The smallest absolute Gasteiger partial charge is 0.113 e. The molecule has 1 atom stereocenters. The number of aromatic nitrogens is 1. The fraction of sp³-hybridized carbons (Fsp3) is 0.833. The van der Waals surface area contributed by atoms with Crippen molar-refractivity contribution in [2.75, 3.05) is 0 Å². The predicted octanol–water partition coefficient (Wildman–Crippen LogP) is 4.80. The third-order valence-corrected chi connectivity index (χ3v) is 7.47. The topological polar surface area (TPSA) is 38.9 Å². The molecule has 0 aromatic carbocycles. The molecule has 2 aliphatic rings. The molecule has 1 fully saturated rings. The zero-order valence-electron chi connectivity index (χ0n) is 13.9. The van der Waals surface area contributed by atoms with E-state index in [0.29, 0.717) is 5.41 Å². The van der Waals surface area contributed by atoms with Gasteiger partial charge in [-0.2, -0.15) is 0 Å². The molecule has 0 saturated heterocycles. The first-order valence-corrected chi connectivity index (χ1v) is 9.54. The van der Waals surface area contributed by atoms with E-state index in [-0.39, 0.29) is 5.54 Å². The van der Waals surface area contributed by atoms with Gasteiger partial charge >= 0.3 is 0 Å². The Bertz CT molecular complexity index is 497. The molecular formula is C18H30N2S. The minimum Gasteiger partial charge on any atom is -0.319 e. The standard InChI is InChI=1S/C18H30N2S/c1-4-17(2,3)13-8-9-14-15(12-13)21-16(20-14)18(19)10-6-5-7-11-18/h13H,4-12,19H2,1-3H3. The van der Waals surface area contributed by atoms with Gasteiger partial charge in [0.15, 0.2) is 0 Å². The summed E-state index contributed by atoms with van der Waals surface area (Å²) in [5.41, 5.74) is 8.39. The van der Waals surface area contributed by atoms with E-state index in [1.807, 2.05) is 11.3 Å². The van der Waals surface area contributed by atoms with Crippen molar-refractivity contribution in [1.82, 2.24) is 4.98 Å². The van der Waals surface area contributed by atoms with Crippen molar-refractivity contribution in [3.8, 4) is 0 Å². The first kappa shape index (κ1) is 15.5. The third-order valence-electron chi connectivity index (χ3n) is 6.13. The number of thiazole rings is 1. The molecule has 0 radical (unpaired) electrons. The average molecular weight is 307 g/mol. The van der Waals surface area contributed by atoms with Crippen molar-refractivity contribution in [3.05, 3.63) is 15.6 Å². The Morgan fingerprint density at radius 3 is 2.67 bits per heavy atom. The minimum absolute atomic E-state index is 0.115. The highest BCUT2D eigenvalue weighted by molar-refractivity contribution is 7.11. The average Bonchev–Trinajstić information content (AvgIpc) is 2.92. The molecule has 1 heterocycles. The molecule has 0 bridgehead atoms. The van der Waals surface area contributed by atoms with Crippen molar-refractivity contribution >= 4 is 11.3 Å². The van der Waals surface area contributed by atoms with Crippen molar-refractivity contribution in [3.63, 3.8) is 0 Å². The number of nitrogens with zero attached hydrogens (tertiary/aromatic N) is 1. The molecular weight excluding hydrogens is 276 g/mol. The van der Waals surface area contributed by atoms with Crippen LogP contribution in [0.2, 0.25) is 0 Å². The lowest BCUT2D eigenvalue weighted by atomic mass is 9.70. The summed E-state index contributed by atoms with van der Waals surface area (Å²) < 4.78 is 0. The van der Waals surface area contributed by atoms with E-state index in [0.717, 1.165) is 25.2 Å². The second kappa shape index (κ2) is 5.66. The van der Waals surface area contributed by atoms with Gasteiger partial charge in [0.25, 0.3) is 0 Å². The van der Waals surface area contributed by atoms with Gasteiger partial charge in [0.05, 0.1) is 11.2 Å². The Hall–Kier alpha value is -0.410. The summed E-state index contributed by atoms with van der Waals surface area (Å²) in [4.78, 5) is 6.52. The first-order chi connectivity index (χ1) is 9.94. The second-order valence-corrected chi connectivity index (χ2v) is 8.97. The highest BCUT2D eigenvalue weighted by Crippen LogP contribution is 2.44. The Morgan fingerprint density at radius 2 is 2.00 bits per heavy atom. The summed E-state index contributed by atoms with van der Waals surface area (Å²) in [7, 11) is 0. The summed E-state index contributed by atoms with van der Waals surface area (Å²) in [6, 6.07) is 0. The molecule has 118 valence electrons. The maximum atomic E-state index is 6.69. The Labute approximate surface area is 133 Å². The predicted molar refractivity (Wildman–Crippen MR) is 90.7 cm³/mol. The third kappa shape index (κ3) is 2.92. The molecule has 2 N–H and O–H groups in total. The van der Waals surface area contributed by atoms with E-state index in [4.69, 9.17) is 10.7 Å². The lowest BCUT2D eigenvalue weighted by molar-refractivity contribution is 0.183. The van der Waals surface area contributed by atoms with Gasteiger partial charge in [-0.25, -0.2) is 4.98 Å². The maximum Gasteiger partial charge on any atom is 0.113 e. The van der Waals surface area contributed by atoms with Crippen molar-refractivity contribution in [1.29, 1.82) is 0 Å². The molecule has 2 aliphatic carbocycles. The van der Waals surface area contributed by atoms with E-state index >= 15 is 0 Å². The SMILES string of the molecule is CCC(C)(C)C1CCc2nc(C3(N)CCCCC3)sc2C1. The summed E-state index contributed by atoms with van der Waals surface area (Å²) >= 11 is 1.93. The van der Waals surface area contributed by atoms with Crippen LogP contribution in [0.5, 0.6) is 0 Å². The van der Waals surface area contributed by atoms with Crippen LogP contribution < -0.4 is 5.73 Å². The van der Waals surface area contributed by atoms with Gasteiger partial charge in [0.2, 0.25) is 0 Å². The van der Waals surface area contributed by atoms with Gasteiger partial charge in [0, 0.05) is 4.88 Å². The summed E-state index contributed by atoms with van der Waals surface area (Å²) in [5.74, 6) is 0.809. The fourth-order valence-corrected chi connectivity index (χ4v) is 5.29. The highest BCUT2D eigenvalue weighted by Gasteiger charge is 2.37. The van der Waals surface area contributed by atoms with Gasteiger partial charge in [-0.1, -0.05) is 46.5 Å². The number of aryl methyl sites for hydroxylation is 1. The van der Waals surface area contributed by atoms with Crippen LogP contribution in [0.15, 0.2) is 0 Å². The van der Waals surface area contributed by atoms with Gasteiger partial charge in [-0.15, -0.1) is 11.3 Å². The van der Waals surface area contributed by atoms with E-state index in [9.17, 15) is 0 Å². The molecule has 1 unspecified atom stereocenters. The lowest BCUT2D eigenvalue weighted by Gasteiger charge is -2.35. The van der Waals surface area contributed by atoms with E-state index in [2.05, 4.69) is 20.8 Å². The number of hydrogen-bond donors (Lipinski definition) is 1. The normalized spacial score (nSPS) is 25.6. The van der Waals surface area contributed by atoms with Crippen molar-refractivity contribution in [2.45, 2.75) is 84.1 Å². The van der Waals surface area contributed by atoms with E-state index < -0.39 is 0 Å². The minimum atomic E-state index is -0.115. The Morgan fingerprint density at radius 1 is 1.29 bits per heavy atom. The molecule has 3 rings (SSSR count). The zero-order valence-corrected chi connectivity index (χ0v) is 14.7. The van der Waals surface area contributed by atoms with E-state index in [1.165, 1.54) is 54.1 Å². The van der Waals surface area contributed by atoms with Crippen molar-refractivity contribution < 1.29 is 0 Å². The monoisotopic (exact) mass is 306 g/mol. The molecule has 1 aromatic rings. The van der Waals surface area contributed by atoms with Gasteiger partial charge in [-0.05, 0) is 43.4 Å². The lowest BCUT2D eigenvalue weighted by Crippen LogP contribution is -2.38. The number of hydrogen-bond acceptors (Lipinski definition) is 3. The Balaban J connectivity index is 1.81. The summed E-state index contributed by atoms with van der Waals surface area (Å²) in [6.45, 7) is 7.18. The number of fused-ring (bicyclic) bond motifs is 1. The van der Waals surface area contributed by atoms with Gasteiger partial charge in [-0.3, -0.25) is 0 Å². The van der Waals surface area contributed by atoms with Crippen LogP contribution in [0.3, 0.4) is 0 Å². The van der Waals surface area contributed by atoms with Crippen LogP contribution in [0, 0.1) is 11.3 Å². The van der Waals surface area contributed by atoms with Gasteiger partial charge in [0.1, 0.15) is 5.01 Å². The molecule has 0 spiro atoms. The number of rotatable bonds is 3. The molecule has 2 nitrogen and oxygen atoms in total. The molecule has 1 aromatic heterocycles. The Kier molecular flexibility index (Phi) is 4.17. The molecule has 1 saturated carbocycles. The molecule has 3 heteroatoms. The quantitative estimate of drug-likeness (QED) is 0.871. The van der Waals surface area contributed by atoms with Crippen LogP contribution >= 0.6 is 11.3 Å².